The Balaban J connectivity index is 1.96. The molecule has 22 heavy (non-hydrogen) atoms. The molecule has 1 aromatic rings. The van der Waals surface area contributed by atoms with Gasteiger partial charge in [-0.1, -0.05) is 18.2 Å². The number of hydrogen-bond donors (Lipinski definition) is 2. The average Bonchev–Trinajstić information content (AvgIpc) is 2.47. The number of allylic oxidation sites excluding steroid dienone is 3. The van der Waals surface area contributed by atoms with Crippen molar-refractivity contribution in [2.24, 2.45) is 0 Å². The molecule has 3 nitrogen and oxygen atoms in total. The Hall–Kier alpha value is -2.11. The van der Waals surface area contributed by atoms with Gasteiger partial charge >= 0.3 is 6.18 Å². The molecule has 0 saturated heterocycles. The third kappa shape index (κ3) is 5.02. The van der Waals surface area contributed by atoms with Crippen LogP contribution < -0.4 is 15.4 Å². The second-order valence-electron chi connectivity index (χ2n) is 4.98. The maximum absolute atomic E-state index is 12.2. The van der Waals surface area contributed by atoms with Crippen LogP contribution in [-0.4, -0.2) is 19.8 Å². The van der Waals surface area contributed by atoms with E-state index < -0.39 is 12.6 Å². The molecule has 2 N–H and O–H groups in total. The maximum Gasteiger partial charge on any atom is 0.390 e. The quantitative estimate of drug-likeness (QED) is 0.825. The molecule has 6 heteroatoms. The third-order valence-electron chi connectivity index (χ3n) is 3.25. The molecule has 0 heterocycles. The van der Waals surface area contributed by atoms with Crippen molar-refractivity contribution in [3.63, 3.8) is 0 Å². The molecule has 0 saturated carbocycles. The van der Waals surface area contributed by atoms with Crippen LogP contribution in [0, 0.1) is 0 Å². The van der Waals surface area contributed by atoms with Crippen molar-refractivity contribution in [2.75, 3.05) is 19.0 Å². The lowest BCUT2D eigenvalue weighted by Crippen LogP contribution is -2.22. The highest BCUT2D eigenvalue weighted by Gasteiger charge is 2.26. The highest BCUT2D eigenvalue weighted by atomic mass is 19.4. The predicted octanol–water partition coefficient (Wildman–Crippen LogP) is 4.21. The summed E-state index contributed by atoms with van der Waals surface area (Å²) in [6, 6.07) is 7.52. The minimum atomic E-state index is -4.13. The second-order valence-corrected chi connectivity index (χ2v) is 4.98. The summed E-state index contributed by atoms with van der Waals surface area (Å²) in [5.41, 5.74) is 2.50. The zero-order chi connectivity index (χ0) is 16.0. The fraction of sp³-hybridized carbons (Fsp3) is 0.375. The van der Waals surface area contributed by atoms with Crippen molar-refractivity contribution >= 4 is 5.69 Å². The van der Waals surface area contributed by atoms with Gasteiger partial charge in [0.25, 0.3) is 0 Å². The summed E-state index contributed by atoms with van der Waals surface area (Å²) in [4.78, 5) is 0. The number of hydrogen-bond acceptors (Lipinski definition) is 3. The van der Waals surface area contributed by atoms with Crippen molar-refractivity contribution in [1.29, 1.82) is 0 Å². The summed E-state index contributed by atoms with van der Waals surface area (Å²) >= 11 is 0. The Bertz CT molecular complexity index is 565. The van der Waals surface area contributed by atoms with Crippen LogP contribution in [0.25, 0.3) is 0 Å². The van der Waals surface area contributed by atoms with E-state index in [4.69, 9.17) is 4.74 Å². The number of nitrogens with one attached hydrogen (secondary N) is 2. The van der Waals surface area contributed by atoms with Crippen LogP contribution in [-0.2, 0) is 0 Å². The van der Waals surface area contributed by atoms with Gasteiger partial charge in [-0.3, -0.25) is 0 Å². The monoisotopic (exact) mass is 312 g/mol. The number of alkyl halides is 3. The van der Waals surface area contributed by atoms with E-state index in [9.17, 15) is 13.2 Å². The van der Waals surface area contributed by atoms with Crippen LogP contribution in [0.3, 0.4) is 0 Å². The molecule has 0 unspecified atom stereocenters. The molecule has 0 radical (unpaired) electrons. The van der Waals surface area contributed by atoms with Crippen molar-refractivity contribution < 1.29 is 17.9 Å². The number of benzene rings is 1. The number of rotatable bonds is 6. The van der Waals surface area contributed by atoms with Gasteiger partial charge in [0, 0.05) is 17.9 Å². The second kappa shape index (κ2) is 7.24. The fourth-order valence-electron chi connectivity index (χ4n) is 2.19. The lowest BCUT2D eigenvalue weighted by atomic mass is 10.1. The first-order valence-electron chi connectivity index (χ1n) is 7.09. The lowest BCUT2D eigenvalue weighted by molar-refractivity contribution is -0.133. The number of methoxy groups -OCH3 is 1. The minimum Gasteiger partial charge on any atom is -0.495 e. The van der Waals surface area contributed by atoms with Gasteiger partial charge in [0.2, 0.25) is 0 Å². The van der Waals surface area contributed by atoms with Gasteiger partial charge < -0.3 is 15.4 Å². The van der Waals surface area contributed by atoms with Gasteiger partial charge in [-0.15, -0.1) is 0 Å². The Labute approximate surface area is 127 Å². The third-order valence-corrected chi connectivity index (χ3v) is 3.25. The van der Waals surface area contributed by atoms with Crippen molar-refractivity contribution in [3.05, 3.63) is 47.8 Å². The molecule has 0 spiro atoms. The van der Waals surface area contributed by atoms with Crippen LogP contribution in [0.4, 0.5) is 18.9 Å². The molecule has 0 fully saturated rings. The van der Waals surface area contributed by atoms with Gasteiger partial charge in [0.1, 0.15) is 5.75 Å². The first kappa shape index (κ1) is 16.3. The maximum atomic E-state index is 12.2. The highest BCUT2D eigenvalue weighted by Crippen LogP contribution is 2.27. The van der Waals surface area contributed by atoms with E-state index in [2.05, 4.69) is 10.6 Å². The minimum absolute atomic E-state index is 0.117. The zero-order valence-electron chi connectivity index (χ0n) is 12.3. The first-order valence-corrected chi connectivity index (χ1v) is 7.09. The topological polar surface area (TPSA) is 33.3 Å². The van der Waals surface area contributed by atoms with E-state index >= 15 is 0 Å². The van der Waals surface area contributed by atoms with E-state index in [1.54, 1.807) is 7.11 Å². The van der Waals surface area contributed by atoms with Crippen LogP contribution in [0.5, 0.6) is 5.75 Å². The molecule has 1 aliphatic rings. The molecule has 2 rings (SSSR count). The summed E-state index contributed by atoms with van der Waals surface area (Å²) in [6.07, 6.45) is 0.360. The van der Waals surface area contributed by atoms with Crippen molar-refractivity contribution in [1.82, 2.24) is 5.32 Å². The lowest BCUT2D eigenvalue weighted by Gasteiger charge is -2.18. The van der Waals surface area contributed by atoms with Gasteiger partial charge in [0.15, 0.2) is 0 Å². The standard InChI is InChI=1S/C16H19F3N2O/c1-22-15-8-3-2-7-14(15)21-13-6-4-5-12(11-13)20-10-9-16(17,18)19/h2-3,5,7-8,11,20-21H,4,6,9-10H2,1H3. The van der Waals surface area contributed by atoms with E-state index in [0.717, 1.165) is 30.0 Å². The molecule has 0 atom stereocenters. The van der Waals surface area contributed by atoms with Crippen LogP contribution in [0.1, 0.15) is 19.3 Å². The van der Waals surface area contributed by atoms with Gasteiger partial charge in [-0.25, -0.2) is 0 Å². The number of para-hydroxylation sites is 2. The summed E-state index contributed by atoms with van der Waals surface area (Å²) < 4.78 is 41.7. The van der Waals surface area contributed by atoms with E-state index in [1.807, 2.05) is 36.4 Å². The van der Waals surface area contributed by atoms with E-state index in [1.165, 1.54) is 0 Å². The smallest absolute Gasteiger partial charge is 0.390 e. The molecule has 1 aromatic carbocycles. The van der Waals surface area contributed by atoms with E-state index in [-0.39, 0.29) is 6.54 Å². The Kier molecular flexibility index (Phi) is 5.35. The Morgan fingerprint density at radius 1 is 1.23 bits per heavy atom. The summed E-state index contributed by atoms with van der Waals surface area (Å²) in [6.45, 7) is -0.117. The molecular formula is C16H19F3N2O. The fourth-order valence-corrected chi connectivity index (χ4v) is 2.19. The van der Waals surface area contributed by atoms with Crippen molar-refractivity contribution in [2.45, 2.75) is 25.4 Å². The molecule has 1 aliphatic carbocycles. The first-order chi connectivity index (χ1) is 10.5. The van der Waals surface area contributed by atoms with Crippen LogP contribution in [0.15, 0.2) is 47.8 Å². The zero-order valence-corrected chi connectivity index (χ0v) is 12.3. The van der Waals surface area contributed by atoms with Gasteiger partial charge in [-0.2, -0.15) is 13.2 Å². The van der Waals surface area contributed by atoms with Crippen molar-refractivity contribution in [3.8, 4) is 5.75 Å². The summed E-state index contributed by atoms with van der Waals surface area (Å²) in [5.74, 6) is 0.726. The SMILES string of the molecule is COc1ccccc1NC1=CC(NCCC(F)(F)F)=CCC1. The highest BCUT2D eigenvalue weighted by molar-refractivity contribution is 5.60. The largest absolute Gasteiger partial charge is 0.495 e. The molecule has 0 amide bonds. The van der Waals surface area contributed by atoms with Crippen LogP contribution >= 0.6 is 0 Å². The Morgan fingerprint density at radius 3 is 2.73 bits per heavy atom. The Morgan fingerprint density at radius 2 is 2.00 bits per heavy atom. The number of halogens is 3. The number of ether oxygens (including phenoxy) is 1. The summed E-state index contributed by atoms with van der Waals surface area (Å²) in [7, 11) is 1.60. The van der Waals surface area contributed by atoms with E-state index in [0.29, 0.717) is 5.70 Å². The molecule has 0 aromatic heterocycles. The number of anilines is 1. The molecule has 0 aliphatic heterocycles. The molecular weight excluding hydrogens is 293 g/mol. The van der Waals surface area contributed by atoms with Crippen LogP contribution in [0.2, 0.25) is 0 Å². The van der Waals surface area contributed by atoms with Gasteiger partial charge in [0.05, 0.1) is 19.2 Å². The molecule has 120 valence electrons. The predicted molar refractivity (Wildman–Crippen MR) is 80.7 cm³/mol. The summed E-state index contributed by atoms with van der Waals surface area (Å²) in [5, 5.41) is 6.09. The molecule has 0 bridgehead atoms. The van der Waals surface area contributed by atoms with Gasteiger partial charge in [-0.05, 0) is 31.1 Å². The average molecular weight is 312 g/mol. The normalized spacial score (nSPS) is 14.9.